The second-order valence-corrected chi connectivity index (χ2v) is 6.44. The molecule has 2 N–H and O–H groups in total. The molecule has 1 aromatic heterocycles. The first-order chi connectivity index (χ1) is 12.1. The van der Waals surface area contributed by atoms with Crippen molar-refractivity contribution in [1.82, 2.24) is 10.3 Å². The number of ether oxygens (including phenoxy) is 1. The summed E-state index contributed by atoms with van der Waals surface area (Å²) in [7, 11) is 1.28. The van der Waals surface area contributed by atoms with Crippen LogP contribution in [0.2, 0.25) is 0 Å². The lowest BCUT2D eigenvalue weighted by atomic mass is 10.2. The van der Waals surface area contributed by atoms with Crippen molar-refractivity contribution in [2.45, 2.75) is 13.0 Å². The highest BCUT2D eigenvalue weighted by molar-refractivity contribution is 7.21. The summed E-state index contributed by atoms with van der Waals surface area (Å²) in [4.78, 5) is 27.8. The van der Waals surface area contributed by atoms with E-state index in [0.29, 0.717) is 5.69 Å². The molecule has 0 radical (unpaired) electrons. The number of methoxy groups -OCH3 is 1. The van der Waals surface area contributed by atoms with Gasteiger partial charge in [-0.25, -0.2) is 14.6 Å². The Morgan fingerprint density at radius 3 is 2.52 bits per heavy atom. The number of benzene rings is 2. The number of thiazole rings is 1. The first-order valence-electron chi connectivity index (χ1n) is 7.68. The van der Waals surface area contributed by atoms with E-state index in [1.807, 2.05) is 36.4 Å². The molecular weight excluding hydrogens is 338 g/mol. The van der Waals surface area contributed by atoms with Crippen LogP contribution in [0.25, 0.3) is 20.8 Å². The Kier molecular flexibility index (Phi) is 4.95. The van der Waals surface area contributed by atoms with Crippen LogP contribution in [0.1, 0.15) is 6.92 Å². The predicted octanol–water partition coefficient (Wildman–Crippen LogP) is 3.65. The third-order valence-electron chi connectivity index (χ3n) is 3.59. The maximum atomic E-state index is 11.9. The van der Waals surface area contributed by atoms with Crippen molar-refractivity contribution in [3.63, 3.8) is 0 Å². The van der Waals surface area contributed by atoms with E-state index in [0.717, 1.165) is 20.8 Å². The lowest BCUT2D eigenvalue weighted by Gasteiger charge is -2.12. The Morgan fingerprint density at radius 2 is 1.84 bits per heavy atom. The van der Waals surface area contributed by atoms with Crippen molar-refractivity contribution < 1.29 is 14.3 Å². The average Bonchev–Trinajstić information content (AvgIpc) is 3.05. The van der Waals surface area contributed by atoms with Gasteiger partial charge >= 0.3 is 12.0 Å². The number of fused-ring (bicyclic) bond motifs is 1. The molecule has 25 heavy (non-hydrogen) atoms. The molecule has 7 heteroatoms. The Balaban J connectivity index is 1.67. The van der Waals surface area contributed by atoms with E-state index in [1.165, 1.54) is 7.11 Å². The molecule has 0 saturated heterocycles. The smallest absolute Gasteiger partial charge is 0.328 e. The number of carbonyl (C=O) groups excluding carboxylic acids is 2. The van der Waals surface area contributed by atoms with Crippen LogP contribution in [0.15, 0.2) is 48.5 Å². The molecule has 0 aliphatic rings. The van der Waals surface area contributed by atoms with Gasteiger partial charge in [-0.3, -0.25) is 0 Å². The number of esters is 1. The topological polar surface area (TPSA) is 80.3 Å². The van der Waals surface area contributed by atoms with Gasteiger partial charge in [-0.2, -0.15) is 0 Å². The van der Waals surface area contributed by atoms with Crippen molar-refractivity contribution >= 4 is 39.2 Å². The summed E-state index contributed by atoms with van der Waals surface area (Å²) in [6, 6.07) is 14.2. The molecule has 0 saturated carbocycles. The normalized spacial score (nSPS) is 11.8. The molecule has 0 unspecified atom stereocenters. The molecule has 1 atom stereocenters. The lowest BCUT2D eigenvalue weighted by Crippen LogP contribution is -2.41. The third kappa shape index (κ3) is 3.95. The Bertz CT molecular complexity index is 872. The highest BCUT2D eigenvalue weighted by Crippen LogP contribution is 2.30. The maximum absolute atomic E-state index is 11.9. The van der Waals surface area contributed by atoms with Crippen LogP contribution < -0.4 is 10.6 Å². The highest BCUT2D eigenvalue weighted by Gasteiger charge is 2.15. The van der Waals surface area contributed by atoms with E-state index in [-0.39, 0.29) is 0 Å². The van der Waals surface area contributed by atoms with Crippen molar-refractivity contribution in [1.29, 1.82) is 0 Å². The van der Waals surface area contributed by atoms with Gasteiger partial charge in [0.05, 0.1) is 17.3 Å². The molecule has 2 aromatic carbocycles. The van der Waals surface area contributed by atoms with Gasteiger partial charge in [0.1, 0.15) is 11.0 Å². The van der Waals surface area contributed by atoms with E-state index in [4.69, 9.17) is 0 Å². The summed E-state index contributed by atoms with van der Waals surface area (Å²) < 4.78 is 5.70. The molecule has 128 valence electrons. The van der Waals surface area contributed by atoms with Crippen molar-refractivity contribution in [2.75, 3.05) is 12.4 Å². The number of aromatic nitrogens is 1. The van der Waals surface area contributed by atoms with Gasteiger partial charge in [0.15, 0.2) is 0 Å². The molecule has 0 aliphatic heterocycles. The second-order valence-electron chi connectivity index (χ2n) is 5.41. The summed E-state index contributed by atoms with van der Waals surface area (Å²) in [6.07, 6.45) is 0. The van der Waals surface area contributed by atoms with Crippen molar-refractivity contribution in [3.05, 3.63) is 48.5 Å². The molecule has 0 spiro atoms. The fraction of sp³-hybridized carbons (Fsp3) is 0.167. The number of urea groups is 1. The zero-order valence-electron chi connectivity index (χ0n) is 13.8. The first kappa shape index (κ1) is 16.9. The number of nitrogens with zero attached hydrogens (tertiary/aromatic N) is 1. The number of hydrogen-bond acceptors (Lipinski definition) is 5. The first-order valence-corrected chi connectivity index (χ1v) is 8.50. The predicted molar refractivity (Wildman–Crippen MR) is 98.7 cm³/mol. The third-order valence-corrected chi connectivity index (χ3v) is 4.67. The van der Waals surface area contributed by atoms with Crippen LogP contribution in [0.4, 0.5) is 10.5 Å². The number of carbonyl (C=O) groups is 2. The average molecular weight is 355 g/mol. The summed E-state index contributed by atoms with van der Waals surface area (Å²) in [5, 5.41) is 6.12. The fourth-order valence-electron chi connectivity index (χ4n) is 2.29. The molecule has 2 amide bonds. The molecule has 3 aromatic rings. The van der Waals surface area contributed by atoms with Crippen LogP contribution in [0.5, 0.6) is 0 Å². The maximum Gasteiger partial charge on any atom is 0.328 e. The minimum atomic E-state index is -0.716. The molecule has 3 rings (SSSR count). The van der Waals surface area contributed by atoms with Gasteiger partial charge in [-0.05, 0) is 43.3 Å². The number of para-hydroxylation sites is 1. The standard InChI is InChI=1S/C18H17N3O3S/c1-11(17(22)24-2)19-18(23)20-13-9-7-12(8-10-13)16-21-14-5-3-4-6-15(14)25-16/h3-11H,1-2H3,(H2,19,20,23)/t11-/m0/s1. The number of hydrogen-bond donors (Lipinski definition) is 2. The number of nitrogens with one attached hydrogen (secondary N) is 2. The SMILES string of the molecule is COC(=O)[C@H](C)NC(=O)Nc1ccc(-c2nc3ccccc3s2)cc1. The minimum Gasteiger partial charge on any atom is -0.467 e. The van der Waals surface area contributed by atoms with Crippen LogP contribution in [-0.4, -0.2) is 30.1 Å². The van der Waals surface area contributed by atoms with Crippen LogP contribution in [0.3, 0.4) is 0 Å². The van der Waals surface area contributed by atoms with Crippen LogP contribution >= 0.6 is 11.3 Å². The van der Waals surface area contributed by atoms with Gasteiger partial charge < -0.3 is 15.4 Å². The van der Waals surface area contributed by atoms with Gasteiger partial charge in [-0.1, -0.05) is 12.1 Å². The summed E-state index contributed by atoms with van der Waals surface area (Å²) in [5.41, 5.74) is 2.58. The minimum absolute atomic E-state index is 0.467. The Labute approximate surface area is 148 Å². The summed E-state index contributed by atoms with van der Waals surface area (Å²) >= 11 is 1.62. The van der Waals surface area contributed by atoms with E-state index in [1.54, 1.807) is 30.4 Å². The Morgan fingerprint density at radius 1 is 1.12 bits per heavy atom. The van der Waals surface area contributed by atoms with Gasteiger partial charge in [-0.15, -0.1) is 11.3 Å². The number of amides is 2. The zero-order valence-corrected chi connectivity index (χ0v) is 14.6. The molecule has 0 aliphatic carbocycles. The van der Waals surface area contributed by atoms with Gasteiger partial charge in [0, 0.05) is 11.3 Å². The molecular formula is C18H17N3O3S. The highest BCUT2D eigenvalue weighted by atomic mass is 32.1. The quantitative estimate of drug-likeness (QED) is 0.700. The van der Waals surface area contributed by atoms with Crippen molar-refractivity contribution in [3.8, 4) is 10.6 Å². The molecule has 0 fully saturated rings. The van der Waals surface area contributed by atoms with E-state index >= 15 is 0 Å². The van der Waals surface area contributed by atoms with E-state index in [2.05, 4.69) is 20.4 Å². The number of anilines is 1. The zero-order chi connectivity index (χ0) is 17.8. The fourth-order valence-corrected chi connectivity index (χ4v) is 3.26. The second kappa shape index (κ2) is 7.31. The van der Waals surface area contributed by atoms with Gasteiger partial charge in [0.2, 0.25) is 0 Å². The van der Waals surface area contributed by atoms with Crippen molar-refractivity contribution in [2.24, 2.45) is 0 Å². The van der Waals surface area contributed by atoms with Crippen LogP contribution in [0, 0.1) is 0 Å². The van der Waals surface area contributed by atoms with E-state index in [9.17, 15) is 9.59 Å². The van der Waals surface area contributed by atoms with Gasteiger partial charge in [0.25, 0.3) is 0 Å². The largest absolute Gasteiger partial charge is 0.467 e. The summed E-state index contributed by atoms with van der Waals surface area (Å²) in [5.74, 6) is -0.499. The lowest BCUT2D eigenvalue weighted by molar-refractivity contribution is -0.142. The van der Waals surface area contributed by atoms with Crippen LogP contribution in [-0.2, 0) is 9.53 Å². The van der Waals surface area contributed by atoms with E-state index < -0.39 is 18.0 Å². The Hall–Kier alpha value is -2.93. The molecule has 1 heterocycles. The molecule has 6 nitrogen and oxygen atoms in total. The molecule has 0 bridgehead atoms. The monoisotopic (exact) mass is 355 g/mol. The summed E-state index contributed by atoms with van der Waals surface area (Å²) in [6.45, 7) is 1.56. The number of rotatable bonds is 4.